The number of methoxy groups -OCH3 is 1. The minimum atomic E-state index is -1.66. The van der Waals surface area contributed by atoms with Crippen LogP contribution < -0.4 is 9.64 Å². The minimum Gasteiger partial charge on any atom is -0.465 e. The number of benzene rings is 1. The molecule has 1 aromatic rings. The van der Waals surface area contributed by atoms with E-state index >= 15 is 0 Å². The van der Waals surface area contributed by atoms with Gasteiger partial charge in [-0.3, -0.25) is 14.4 Å². The summed E-state index contributed by atoms with van der Waals surface area (Å²) < 4.78 is 11.2. The maximum atomic E-state index is 13.7. The van der Waals surface area contributed by atoms with Gasteiger partial charge >= 0.3 is 0 Å². The van der Waals surface area contributed by atoms with Crippen molar-refractivity contribution >= 4 is 23.4 Å². The average Bonchev–Trinajstić information content (AvgIpc) is 2.83. The number of amides is 3. The summed E-state index contributed by atoms with van der Waals surface area (Å²) in [5, 5.41) is 0. The summed E-state index contributed by atoms with van der Waals surface area (Å²) >= 11 is 0. The number of carbonyl (C=O) groups excluding carboxylic acids is 3. The van der Waals surface area contributed by atoms with E-state index in [9.17, 15) is 14.4 Å². The van der Waals surface area contributed by atoms with E-state index in [1.165, 1.54) is 18.2 Å². The maximum absolute atomic E-state index is 13.7. The van der Waals surface area contributed by atoms with Crippen molar-refractivity contribution in [2.45, 2.75) is 83.4 Å². The third kappa shape index (κ3) is 5.63. The Labute approximate surface area is 209 Å². The fourth-order valence-corrected chi connectivity index (χ4v) is 5.21. The number of nitrogens with zero attached hydrogens (tertiary/aromatic N) is 3. The van der Waals surface area contributed by atoms with Crippen molar-refractivity contribution in [3.05, 3.63) is 23.8 Å². The van der Waals surface area contributed by atoms with Crippen LogP contribution in [-0.2, 0) is 14.3 Å². The number of ether oxygens (including phenoxy) is 2. The molecule has 0 N–H and O–H groups in total. The zero-order chi connectivity index (χ0) is 25.8. The monoisotopic (exact) mass is 487 g/mol. The Morgan fingerprint density at radius 2 is 1.86 bits per heavy atom. The van der Waals surface area contributed by atoms with Gasteiger partial charge in [-0.15, -0.1) is 0 Å². The molecule has 35 heavy (non-hydrogen) atoms. The molecular formula is C27H41N3O5. The van der Waals surface area contributed by atoms with E-state index in [-0.39, 0.29) is 18.0 Å². The number of rotatable bonds is 9. The first-order chi connectivity index (χ1) is 16.6. The van der Waals surface area contributed by atoms with Gasteiger partial charge in [0.1, 0.15) is 5.75 Å². The number of likely N-dealkylation sites (N-methyl/N-ethyl adjacent to an activating group) is 1. The molecule has 0 bridgehead atoms. The van der Waals surface area contributed by atoms with E-state index in [1.54, 1.807) is 44.3 Å². The van der Waals surface area contributed by atoms with Crippen molar-refractivity contribution in [2.75, 3.05) is 39.3 Å². The van der Waals surface area contributed by atoms with Gasteiger partial charge in [-0.05, 0) is 64.7 Å². The second-order valence-electron chi connectivity index (χ2n) is 10.3. The van der Waals surface area contributed by atoms with Crippen LogP contribution in [0.5, 0.6) is 5.75 Å². The van der Waals surface area contributed by atoms with Crippen LogP contribution in [0, 0.1) is 0 Å². The lowest BCUT2D eigenvalue weighted by molar-refractivity contribution is -0.154. The van der Waals surface area contributed by atoms with E-state index in [1.807, 2.05) is 4.90 Å². The first-order valence-corrected chi connectivity index (χ1v) is 12.8. The summed E-state index contributed by atoms with van der Waals surface area (Å²) in [6.07, 6.45) is 7.01. The molecule has 1 aromatic carbocycles. The molecule has 3 rings (SSSR count). The lowest BCUT2D eigenvalue weighted by Gasteiger charge is -2.41. The highest BCUT2D eigenvalue weighted by Crippen LogP contribution is 2.40. The van der Waals surface area contributed by atoms with Crippen molar-refractivity contribution in [3.8, 4) is 5.75 Å². The molecule has 1 atom stereocenters. The molecule has 1 aliphatic heterocycles. The summed E-state index contributed by atoms with van der Waals surface area (Å²) in [4.78, 5) is 45.2. The Kier molecular flexibility index (Phi) is 8.80. The summed E-state index contributed by atoms with van der Waals surface area (Å²) in [5.41, 5.74) is -0.589. The summed E-state index contributed by atoms with van der Waals surface area (Å²) in [5.74, 6) is -0.435. The van der Waals surface area contributed by atoms with Gasteiger partial charge in [0.25, 0.3) is 23.3 Å². The van der Waals surface area contributed by atoms with E-state index in [4.69, 9.17) is 9.47 Å². The Balaban J connectivity index is 1.97. The normalized spacial score (nSPS) is 20.4. The minimum absolute atomic E-state index is 0.0285. The predicted molar refractivity (Wildman–Crippen MR) is 136 cm³/mol. The maximum Gasteiger partial charge on any atom is 0.280 e. The van der Waals surface area contributed by atoms with Crippen LogP contribution in [-0.4, -0.2) is 79.6 Å². The van der Waals surface area contributed by atoms with Crippen molar-refractivity contribution in [2.24, 2.45) is 0 Å². The first kappa shape index (κ1) is 27.0. The number of carbonyl (C=O) groups is 3. The fourth-order valence-electron chi connectivity index (χ4n) is 5.21. The Bertz CT molecular complexity index is 925. The topological polar surface area (TPSA) is 79.4 Å². The quantitative estimate of drug-likeness (QED) is 0.390. The molecule has 1 heterocycles. The van der Waals surface area contributed by atoms with Gasteiger partial charge < -0.3 is 24.2 Å². The standard InChI is InChI=1S/C27H41N3O5/c1-19(2)30(21-12-8-7-9-13-21)24(31)20-14-15-23-22(18-20)29(16-10-11-17-34-6)26(33)27(3,35-23)25(32)28(4)5/h14-15,18-19,21H,7-13,16-17H2,1-6H3. The van der Waals surface area contributed by atoms with E-state index in [2.05, 4.69) is 13.8 Å². The highest BCUT2D eigenvalue weighted by molar-refractivity contribution is 6.16. The zero-order valence-electron chi connectivity index (χ0n) is 22.1. The molecule has 194 valence electrons. The molecule has 1 aliphatic carbocycles. The molecule has 1 unspecified atom stereocenters. The van der Waals surface area contributed by atoms with E-state index < -0.39 is 17.4 Å². The summed E-state index contributed by atoms with van der Waals surface area (Å²) in [6, 6.07) is 5.53. The molecule has 2 aliphatic rings. The second-order valence-corrected chi connectivity index (χ2v) is 10.3. The largest absolute Gasteiger partial charge is 0.465 e. The Morgan fingerprint density at radius 3 is 2.46 bits per heavy atom. The predicted octanol–water partition coefficient (Wildman–Crippen LogP) is 3.87. The van der Waals surface area contributed by atoms with Crippen LogP contribution in [0.3, 0.4) is 0 Å². The molecule has 1 fully saturated rings. The average molecular weight is 488 g/mol. The molecule has 1 saturated carbocycles. The number of hydrogen-bond donors (Lipinski definition) is 0. The fraction of sp³-hybridized carbons (Fsp3) is 0.667. The second kappa shape index (κ2) is 11.4. The van der Waals surface area contributed by atoms with Gasteiger partial charge in [0.15, 0.2) is 0 Å². The highest BCUT2D eigenvalue weighted by atomic mass is 16.5. The molecule has 8 nitrogen and oxygen atoms in total. The van der Waals surface area contributed by atoms with Gasteiger partial charge in [-0.25, -0.2) is 0 Å². The van der Waals surface area contributed by atoms with E-state index in [0.717, 1.165) is 32.1 Å². The van der Waals surface area contributed by atoms with Crippen LogP contribution in [0.4, 0.5) is 5.69 Å². The van der Waals surface area contributed by atoms with Crippen molar-refractivity contribution in [3.63, 3.8) is 0 Å². The zero-order valence-corrected chi connectivity index (χ0v) is 22.1. The summed E-state index contributed by atoms with van der Waals surface area (Å²) in [7, 11) is 4.86. The summed E-state index contributed by atoms with van der Waals surface area (Å²) in [6.45, 7) is 6.62. The van der Waals surface area contributed by atoms with Gasteiger partial charge in [0.2, 0.25) is 0 Å². The Morgan fingerprint density at radius 1 is 1.17 bits per heavy atom. The lowest BCUT2D eigenvalue weighted by atomic mass is 9.92. The van der Waals surface area contributed by atoms with Crippen LogP contribution in [0.2, 0.25) is 0 Å². The molecule has 0 radical (unpaired) electrons. The first-order valence-electron chi connectivity index (χ1n) is 12.8. The number of hydrogen-bond acceptors (Lipinski definition) is 5. The number of anilines is 1. The molecule has 3 amide bonds. The smallest absolute Gasteiger partial charge is 0.280 e. The third-order valence-electron chi connectivity index (χ3n) is 7.02. The van der Waals surface area contributed by atoms with Crippen LogP contribution in [0.1, 0.15) is 76.1 Å². The van der Waals surface area contributed by atoms with Crippen LogP contribution in [0.25, 0.3) is 0 Å². The van der Waals surface area contributed by atoms with Crippen molar-refractivity contribution in [1.29, 1.82) is 0 Å². The number of unbranched alkanes of at least 4 members (excludes halogenated alkanes) is 1. The van der Waals surface area contributed by atoms with Crippen LogP contribution in [0.15, 0.2) is 18.2 Å². The van der Waals surface area contributed by atoms with Crippen molar-refractivity contribution in [1.82, 2.24) is 9.80 Å². The van der Waals surface area contributed by atoms with Crippen molar-refractivity contribution < 1.29 is 23.9 Å². The van der Waals surface area contributed by atoms with Crippen LogP contribution >= 0.6 is 0 Å². The van der Waals surface area contributed by atoms with Gasteiger partial charge in [0, 0.05) is 52.0 Å². The highest BCUT2D eigenvalue weighted by Gasteiger charge is 2.51. The SMILES string of the molecule is COCCCCN1C(=O)C(C)(C(=O)N(C)C)Oc2ccc(C(=O)N(C(C)C)C3CCCCC3)cc21. The van der Waals surface area contributed by atoms with E-state index in [0.29, 0.717) is 36.6 Å². The number of fused-ring (bicyclic) bond motifs is 1. The third-order valence-corrected chi connectivity index (χ3v) is 7.02. The molecule has 0 saturated heterocycles. The molecule has 8 heteroatoms. The van der Waals surface area contributed by atoms with Gasteiger partial charge in [-0.1, -0.05) is 19.3 Å². The van der Waals surface area contributed by atoms with Gasteiger partial charge in [-0.2, -0.15) is 0 Å². The molecular weight excluding hydrogens is 446 g/mol. The van der Waals surface area contributed by atoms with Gasteiger partial charge in [0.05, 0.1) is 5.69 Å². The lowest BCUT2D eigenvalue weighted by Crippen LogP contribution is -2.62. The molecule has 0 aromatic heterocycles. The molecule has 0 spiro atoms. The Hall–Kier alpha value is -2.61.